The zero-order valence-electron chi connectivity index (χ0n) is 11.6. The minimum absolute atomic E-state index is 0.171. The number of esters is 1. The third kappa shape index (κ3) is 3.55. The molecule has 2 atom stereocenters. The topological polar surface area (TPSA) is 50.4 Å². The van der Waals surface area contributed by atoms with E-state index >= 15 is 0 Å². The highest BCUT2D eigenvalue weighted by Crippen LogP contribution is 2.23. The Balaban J connectivity index is 1.94. The van der Waals surface area contributed by atoms with Crippen LogP contribution in [0.3, 0.4) is 0 Å². The van der Waals surface area contributed by atoms with Crippen LogP contribution in [0.4, 0.5) is 0 Å². The lowest BCUT2D eigenvalue weighted by Gasteiger charge is -2.10. The molecule has 0 bridgehead atoms. The summed E-state index contributed by atoms with van der Waals surface area (Å²) in [7, 11) is 0. The Morgan fingerprint density at radius 3 is 2.63 bits per heavy atom. The Labute approximate surface area is 114 Å². The van der Waals surface area contributed by atoms with Gasteiger partial charge in [0.25, 0.3) is 0 Å². The van der Waals surface area contributed by atoms with Crippen molar-refractivity contribution in [3.63, 3.8) is 0 Å². The van der Waals surface area contributed by atoms with E-state index in [-0.39, 0.29) is 18.1 Å². The fourth-order valence-corrected chi connectivity index (χ4v) is 2.38. The van der Waals surface area contributed by atoms with Gasteiger partial charge >= 0.3 is 5.97 Å². The summed E-state index contributed by atoms with van der Waals surface area (Å²) in [6.45, 7) is 4.43. The lowest BCUT2D eigenvalue weighted by atomic mass is 10.00. The molecule has 1 aromatic carbocycles. The van der Waals surface area contributed by atoms with Gasteiger partial charge in [0, 0.05) is 6.04 Å². The third-order valence-electron chi connectivity index (χ3n) is 3.40. The van der Waals surface area contributed by atoms with Gasteiger partial charge < -0.3 is 4.74 Å². The van der Waals surface area contributed by atoms with Crippen molar-refractivity contribution >= 4 is 5.97 Å². The summed E-state index contributed by atoms with van der Waals surface area (Å²) in [5.41, 5.74) is 8.74. The Hall–Kier alpha value is -1.39. The van der Waals surface area contributed by atoms with Gasteiger partial charge in [-0.25, -0.2) is 10.9 Å². The van der Waals surface area contributed by atoms with E-state index in [0.717, 1.165) is 19.3 Å². The van der Waals surface area contributed by atoms with Crippen molar-refractivity contribution in [3.05, 3.63) is 35.4 Å². The molecular formula is C15H22N2O2. The van der Waals surface area contributed by atoms with Crippen LogP contribution in [0.2, 0.25) is 0 Å². The highest BCUT2D eigenvalue weighted by atomic mass is 16.5. The highest BCUT2D eigenvalue weighted by molar-refractivity contribution is 5.76. The molecule has 0 radical (unpaired) electrons. The number of hydrogen-bond acceptors (Lipinski definition) is 4. The smallest absolute Gasteiger partial charge is 0.324 e. The second kappa shape index (κ2) is 6.68. The fourth-order valence-electron chi connectivity index (χ4n) is 2.38. The van der Waals surface area contributed by atoms with Crippen LogP contribution in [-0.2, 0) is 16.0 Å². The van der Waals surface area contributed by atoms with E-state index in [2.05, 4.69) is 42.0 Å². The van der Waals surface area contributed by atoms with Crippen molar-refractivity contribution in [2.24, 2.45) is 0 Å². The first-order valence-electron chi connectivity index (χ1n) is 7.01. The Morgan fingerprint density at radius 1 is 1.26 bits per heavy atom. The molecule has 2 N–H and O–H groups in total. The van der Waals surface area contributed by atoms with Gasteiger partial charge in [0.15, 0.2) is 0 Å². The number of rotatable bonds is 5. The maximum Gasteiger partial charge on any atom is 0.324 e. The maximum absolute atomic E-state index is 11.6. The van der Waals surface area contributed by atoms with E-state index in [4.69, 9.17) is 4.74 Å². The molecule has 1 aliphatic heterocycles. The van der Waals surface area contributed by atoms with Gasteiger partial charge in [0.2, 0.25) is 0 Å². The Kier molecular flexibility index (Phi) is 4.93. The molecule has 104 valence electrons. The van der Waals surface area contributed by atoms with Crippen molar-refractivity contribution in [1.82, 2.24) is 10.9 Å². The molecule has 4 nitrogen and oxygen atoms in total. The number of hydrazine groups is 1. The zero-order chi connectivity index (χ0) is 13.7. The van der Waals surface area contributed by atoms with Crippen LogP contribution >= 0.6 is 0 Å². The van der Waals surface area contributed by atoms with Crippen molar-refractivity contribution in [2.45, 2.75) is 45.2 Å². The minimum atomic E-state index is -0.250. The second-order valence-electron chi connectivity index (χ2n) is 4.87. The molecule has 0 amide bonds. The van der Waals surface area contributed by atoms with Crippen molar-refractivity contribution < 1.29 is 9.53 Å². The quantitative estimate of drug-likeness (QED) is 0.798. The normalized spacial score (nSPS) is 22.4. The molecule has 2 rings (SSSR count). The number of aryl methyl sites for hydroxylation is 1. The number of carbonyl (C=O) groups excluding carboxylic acids is 1. The van der Waals surface area contributed by atoms with Crippen LogP contribution in [0.15, 0.2) is 24.3 Å². The van der Waals surface area contributed by atoms with Gasteiger partial charge in [0.1, 0.15) is 6.04 Å². The van der Waals surface area contributed by atoms with Gasteiger partial charge in [-0.1, -0.05) is 37.6 Å². The lowest BCUT2D eigenvalue weighted by molar-refractivity contribution is -0.145. The van der Waals surface area contributed by atoms with E-state index < -0.39 is 0 Å². The van der Waals surface area contributed by atoms with E-state index in [1.54, 1.807) is 0 Å². The average molecular weight is 262 g/mol. The summed E-state index contributed by atoms with van der Waals surface area (Å²) in [6, 6.07) is 8.52. The van der Waals surface area contributed by atoms with E-state index in [1.807, 2.05) is 6.92 Å². The summed E-state index contributed by atoms with van der Waals surface area (Å²) < 4.78 is 5.02. The highest BCUT2D eigenvalue weighted by Gasteiger charge is 2.30. The van der Waals surface area contributed by atoms with Crippen LogP contribution in [0.1, 0.15) is 43.9 Å². The van der Waals surface area contributed by atoms with Gasteiger partial charge in [-0.05, 0) is 30.9 Å². The number of carbonyl (C=O) groups is 1. The SMILES string of the molecule is CCCc1ccc(C2CC(C(=O)OCC)NN2)cc1. The van der Waals surface area contributed by atoms with Crippen LogP contribution in [0, 0.1) is 0 Å². The summed E-state index contributed by atoms with van der Waals surface area (Å²) >= 11 is 0. The molecule has 1 aliphatic rings. The number of hydrogen-bond donors (Lipinski definition) is 2. The van der Waals surface area contributed by atoms with Crippen LogP contribution < -0.4 is 10.9 Å². The summed E-state index contributed by atoms with van der Waals surface area (Å²) in [5.74, 6) is -0.180. The van der Waals surface area contributed by atoms with Crippen LogP contribution in [0.25, 0.3) is 0 Å². The van der Waals surface area contributed by atoms with Gasteiger partial charge in [0.05, 0.1) is 6.61 Å². The monoisotopic (exact) mass is 262 g/mol. The third-order valence-corrected chi connectivity index (χ3v) is 3.40. The van der Waals surface area contributed by atoms with Crippen LogP contribution in [-0.4, -0.2) is 18.6 Å². The van der Waals surface area contributed by atoms with Crippen molar-refractivity contribution in [3.8, 4) is 0 Å². The Morgan fingerprint density at radius 2 is 2.00 bits per heavy atom. The second-order valence-corrected chi connectivity index (χ2v) is 4.87. The molecule has 0 spiro atoms. The van der Waals surface area contributed by atoms with Crippen molar-refractivity contribution in [2.75, 3.05) is 6.61 Å². The zero-order valence-corrected chi connectivity index (χ0v) is 11.6. The molecule has 0 aliphatic carbocycles. The van der Waals surface area contributed by atoms with Crippen molar-refractivity contribution in [1.29, 1.82) is 0 Å². The molecular weight excluding hydrogens is 240 g/mol. The molecule has 1 fully saturated rings. The summed E-state index contributed by atoms with van der Waals surface area (Å²) in [4.78, 5) is 11.6. The first-order chi connectivity index (χ1) is 9.24. The predicted octanol–water partition coefficient (Wildman–Crippen LogP) is 2.11. The minimum Gasteiger partial charge on any atom is -0.465 e. The van der Waals surface area contributed by atoms with Gasteiger partial charge in [-0.15, -0.1) is 0 Å². The van der Waals surface area contributed by atoms with Gasteiger partial charge in [-0.3, -0.25) is 4.79 Å². The molecule has 1 saturated heterocycles. The number of ether oxygens (including phenoxy) is 1. The average Bonchev–Trinajstić information content (AvgIpc) is 2.90. The first-order valence-corrected chi connectivity index (χ1v) is 7.01. The molecule has 1 heterocycles. The number of nitrogens with one attached hydrogen (secondary N) is 2. The molecule has 4 heteroatoms. The molecule has 2 unspecified atom stereocenters. The largest absolute Gasteiger partial charge is 0.465 e. The Bertz CT molecular complexity index is 417. The summed E-state index contributed by atoms with van der Waals surface area (Å²) in [5, 5.41) is 0. The number of benzene rings is 1. The lowest BCUT2D eigenvalue weighted by Crippen LogP contribution is -2.37. The maximum atomic E-state index is 11.6. The molecule has 0 aromatic heterocycles. The predicted molar refractivity (Wildman–Crippen MR) is 74.5 cm³/mol. The van der Waals surface area contributed by atoms with E-state index in [1.165, 1.54) is 11.1 Å². The van der Waals surface area contributed by atoms with Gasteiger partial charge in [-0.2, -0.15) is 0 Å². The molecule has 0 saturated carbocycles. The van der Waals surface area contributed by atoms with E-state index in [0.29, 0.717) is 6.61 Å². The fraction of sp³-hybridized carbons (Fsp3) is 0.533. The summed E-state index contributed by atoms with van der Waals surface area (Å²) in [6.07, 6.45) is 3.00. The van der Waals surface area contributed by atoms with E-state index in [9.17, 15) is 4.79 Å². The molecule has 1 aromatic rings. The first kappa shape index (κ1) is 14.0. The van der Waals surface area contributed by atoms with Crippen LogP contribution in [0.5, 0.6) is 0 Å². The standard InChI is InChI=1S/C15H22N2O2/c1-3-5-11-6-8-12(9-7-11)13-10-14(17-16-13)15(18)19-4-2/h6-9,13-14,16-17H,3-5,10H2,1-2H3. The molecule has 19 heavy (non-hydrogen) atoms.